The Hall–Kier alpha value is -3.26. The molecule has 136 valence electrons. The highest BCUT2D eigenvalue weighted by atomic mass is 16.5. The van der Waals surface area contributed by atoms with E-state index in [0.717, 1.165) is 5.56 Å². The predicted octanol–water partition coefficient (Wildman–Crippen LogP) is 6.50. The standard InChI is InChI=1S/C14H14.C11H10O2/c1-11-7-6-10-14(12(11)2)13-8-4-3-5-9-13;12-10-6-2-1-5-9(10)11-7-3-4-8-13-11/h3-10H,1-2H3;1-8,11-12H. The molecule has 0 amide bonds. The number of phenols is 1. The molecule has 0 fully saturated rings. The fraction of sp³-hybridized carbons (Fsp3) is 0.120. The van der Waals surface area contributed by atoms with Crippen LogP contribution in [0.1, 0.15) is 22.8 Å². The molecule has 0 bridgehead atoms. The van der Waals surface area contributed by atoms with Gasteiger partial charge in [0.25, 0.3) is 0 Å². The van der Waals surface area contributed by atoms with E-state index in [-0.39, 0.29) is 11.9 Å². The molecule has 4 rings (SSSR count). The maximum absolute atomic E-state index is 9.52. The smallest absolute Gasteiger partial charge is 0.145 e. The molecule has 1 atom stereocenters. The molecular formula is C25H24O2. The Bertz CT molecular complexity index is 940. The summed E-state index contributed by atoms with van der Waals surface area (Å²) in [7, 11) is 0. The Morgan fingerprint density at radius 3 is 2.22 bits per heavy atom. The zero-order valence-electron chi connectivity index (χ0n) is 15.7. The van der Waals surface area contributed by atoms with E-state index in [2.05, 4.69) is 62.4 Å². The molecule has 3 aromatic carbocycles. The van der Waals surface area contributed by atoms with Crippen molar-refractivity contribution in [2.75, 3.05) is 0 Å². The zero-order chi connectivity index (χ0) is 19.1. The SMILES string of the molecule is Cc1cccc(-c2ccccc2)c1C.Oc1ccccc1C1C=CC=CO1. The Morgan fingerprint density at radius 1 is 0.778 bits per heavy atom. The van der Waals surface area contributed by atoms with Gasteiger partial charge in [-0.1, -0.05) is 72.8 Å². The van der Waals surface area contributed by atoms with Gasteiger partial charge in [0.1, 0.15) is 11.9 Å². The maximum atomic E-state index is 9.52. The molecule has 2 nitrogen and oxygen atoms in total. The average molecular weight is 356 g/mol. The van der Waals surface area contributed by atoms with Crippen LogP contribution in [0.2, 0.25) is 0 Å². The van der Waals surface area contributed by atoms with Gasteiger partial charge in [-0.25, -0.2) is 0 Å². The Balaban J connectivity index is 0.000000156. The minimum atomic E-state index is -0.161. The zero-order valence-corrected chi connectivity index (χ0v) is 15.7. The van der Waals surface area contributed by atoms with Crippen LogP contribution < -0.4 is 0 Å². The van der Waals surface area contributed by atoms with Gasteiger partial charge in [0.05, 0.1) is 6.26 Å². The number of hydrogen-bond acceptors (Lipinski definition) is 2. The summed E-state index contributed by atoms with van der Waals surface area (Å²) in [6.45, 7) is 4.33. The number of rotatable bonds is 2. The molecule has 0 spiro atoms. The van der Waals surface area contributed by atoms with E-state index in [4.69, 9.17) is 4.74 Å². The minimum absolute atomic E-state index is 0.161. The van der Waals surface area contributed by atoms with E-state index in [1.54, 1.807) is 18.4 Å². The summed E-state index contributed by atoms with van der Waals surface area (Å²) < 4.78 is 5.32. The van der Waals surface area contributed by atoms with Crippen LogP contribution >= 0.6 is 0 Å². The number of hydrogen-bond donors (Lipinski definition) is 1. The second-order valence-electron chi connectivity index (χ2n) is 6.44. The topological polar surface area (TPSA) is 29.5 Å². The van der Waals surface area contributed by atoms with Crippen LogP contribution in [0, 0.1) is 13.8 Å². The molecule has 1 N–H and O–H groups in total. The van der Waals surface area contributed by atoms with Crippen molar-refractivity contribution in [3.8, 4) is 16.9 Å². The molecule has 1 unspecified atom stereocenters. The minimum Gasteiger partial charge on any atom is -0.508 e. The predicted molar refractivity (Wildman–Crippen MR) is 112 cm³/mol. The largest absolute Gasteiger partial charge is 0.508 e. The third-order valence-corrected chi connectivity index (χ3v) is 4.63. The van der Waals surface area contributed by atoms with Crippen molar-refractivity contribution < 1.29 is 9.84 Å². The second kappa shape index (κ2) is 8.91. The lowest BCUT2D eigenvalue weighted by Gasteiger charge is -2.16. The van der Waals surface area contributed by atoms with Crippen LogP contribution in [0.25, 0.3) is 11.1 Å². The van der Waals surface area contributed by atoms with Gasteiger partial charge in [0.15, 0.2) is 0 Å². The van der Waals surface area contributed by atoms with Crippen molar-refractivity contribution in [3.63, 3.8) is 0 Å². The third-order valence-electron chi connectivity index (χ3n) is 4.63. The first-order valence-corrected chi connectivity index (χ1v) is 9.05. The van der Waals surface area contributed by atoms with E-state index >= 15 is 0 Å². The Kier molecular flexibility index (Phi) is 6.11. The summed E-state index contributed by atoms with van der Waals surface area (Å²) >= 11 is 0. The molecular weight excluding hydrogens is 332 g/mol. The molecule has 1 aliphatic rings. The first-order valence-electron chi connectivity index (χ1n) is 9.05. The quantitative estimate of drug-likeness (QED) is 0.567. The summed E-state index contributed by atoms with van der Waals surface area (Å²) in [6, 6.07) is 24.1. The van der Waals surface area contributed by atoms with Gasteiger partial charge in [-0.2, -0.15) is 0 Å². The van der Waals surface area contributed by atoms with Gasteiger partial charge < -0.3 is 9.84 Å². The van der Waals surface area contributed by atoms with E-state index in [1.807, 2.05) is 30.4 Å². The molecule has 0 saturated heterocycles. The van der Waals surface area contributed by atoms with Crippen LogP contribution in [0.4, 0.5) is 0 Å². The number of benzene rings is 3. The van der Waals surface area contributed by atoms with Crippen LogP contribution in [0.5, 0.6) is 5.75 Å². The highest BCUT2D eigenvalue weighted by Crippen LogP contribution is 2.29. The van der Waals surface area contributed by atoms with Crippen molar-refractivity contribution in [1.82, 2.24) is 0 Å². The lowest BCUT2D eigenvalue weighted by molar-refractivity contribution is 0.183. The lowest BCUT2D eigenvalue weighted by atomic mass is 9.97. The summed E-state index contributed by atoms with van der Waals surface area (Å²) in [5, 5.41) is 9.52. The number of ether oxygens (including phenoxy) is 1. The van der Waals surface area contributed by atoms with Crippen LogP contribution in [-0.4, -0.2) is 5.11 Å². The fourth-order valence-corrected chi connectivity index (χ4v) is 2.97. The third kappa shape index (κ3) is 4.68. The molecule has 2 heteroatoms. The van der Waals surface area contributed by atoms with Crippen molar-refractivity contribution in [2.24, 2.45) is 0 Å². The monoisotopic (exact) mass is 356 g/mol. The Morgan fingerprint density at radius 2 is 1.52 bits per heavy atom. The van der Waals surface area contributed by atoms with Crippen molar-refractivity contribution >= 4 is 0 Å². The van der Waals surface area contributed by atoms with Gasteiger partial charge in [0.2, 0.25) is 0 Å². The summed E-state index contributed by atoms with van der Waals surface area (Å²) in [5.74, 6) is 0.271. The van der Waals surface area contributed by atoms with E-state index in [1.165, 1.54) is 22.3 Å². The molecule has 0 aromatic heterocycles. The van der Waals surface area contributed by atoms with Crippen LogP contribution in [-0.2, 0) is 4.74 Å². The number of allylic oxidation sites excluding steroid dienone is 2. The van der Waals surface area contributed by atoms with E-state index < -0.39 is 0 Å². The van der Waals surface area contributed by atoms with Gasteiger partial charge in [-0.3, -0.25) is 0 Å². The first-order chi connectivity index (χ1) is 13.2. The molecule has 0 aliphatic carbocycles. The number of para-hydroxylation sites is 1. The molecule has 3 aromatic rings. The molecule has 0 radical (unpaired) electrons. The van der Waals surface area contributed by atoms with E-state index in [0.29, 0.717) is 0 Å². The average Bonchev–Trinajstić information content (AvgIpc) is 2.72. The first kappa shape index (κ1) is 18.5. The fourth-order valence-electron chi connectivity index (χ4n) is 2.97. The second-order valence-corrected chi connectivity index (χ2v) is 6.44. The Labute approximate surface area is 161 Å². The van der Waals surface area contributed by atoms with E-state index in [9.17, 15) is 5.11 Å². The molecule has 1 aliphatic heterocycles. The van der Waals surface area contributed by atoms with Gasteiger partial charge in [-0.05, 0) is 54.3 Å². The summed E-state index contributed by atoms with van der Waals surface area (Å²) in [5.41, 5.74) is 6.16. The highest BCUT2D eigenvalue weighted by molar-refractivity contribution is 5.68. The lowest BCUT2D eigenvalue weighted by Crippen LogP contribution is -1.99. The highest BCUT2D eigenvalue weighted by Gasteiger charge is 2.12. The van der Waals surface area contributed by atoms with Gasteiger partial charge >= 0.3 is 0 Å². The summed E-state index contributed by atoms with van der Waals surface area (Å²) in [4.78, 5) is 0. The van der Waals surface area contributed by atoms with Crippen LogP contribution in [0.3, 0.4) is 0 Å². The van der Waals surface area contributed by atoms with Crippen molar-refractivity contribution in [3.05, 3.63) is 114 Å². The number of aromatic hydroxyl groups is 1. The number of aryl methyl sites for hydroxylation is 1. The normalized spacial score (nSPS) is 14.8. The maximum Gasteiger partial charge on any atom is 0.145 e. The van der Waals surface area contributed by atoms with Gasteiger partial charge in [-0.15, -0.1) is 0 Å². The summed E-state index contributed by atoms with van der Waals surface area (Å²) in [6.07, 6.45) is 7.08. The number of phenolic OH excluding ortho intramolecular Hbond substituents is 1. The molecule has 27 heavy (non-hydrogen) atoms. The molecule has 1 heterocycles. The molecule has 0 saturated carbocycles. The van der Waals surface area contributed by atoms with Crippen molar-refractivity contribution in [2.45, 2.75) is 20.0 Å². The van der Waals surface area contributed by atoms with Gasteiger partial charge in [0, 0.05) is 5.56 Å². The van der Waals surface area contributed by atoms with Crippen molar-refractivity contribution in [1.29, 1.82) is 0 Å². The van der Waals surface area contributed by atoms with Crippen LogP contribution in [0.15, 0.2) is 97.3 Å².